The summed E-state index contributed by atoms with van der Waals surface area (Å²) in [6.07, 6.45) is 49.1. The fraction of sp³-hybridized carbons (Fsp3) is 0.727. The first kappa shape index (κ1) is 50.4. The minimum Gasteiger partial charge on any atom is -0.756 e. The maximum atomic E-state index is 12.4. The first-order chi connectivity index (χ1) is 25.2. The Morgan fingerprint density at radius 2 is 0.942 bits per heavy atom. The summed E-state index contributed by atoms with van der Waals surface area (Å²) in [6.45, 7) is 6.40. The second kappa shape index (κ2) is 37.7. The van der Waals surface area contributed by atoms with E-state index < -0.39 is 13.9 Å². The Hall–Kier alpha value is -1.57. The predicted molar refractivity (Wildman–Crippen MR) is 221 cm³/mol. The Morgan fingerprint density at radius 3 is 1.42 bits per heavy atom. The van der Waals surface area contributed by atoms with Crippen LogP contribution in [-0.2, 0) is 23.1 Å². The van der Waals surface area contributed by atoms with Gasteiger partial charge in [-0.05, 0) is 77.0 Å². The number of phosphoric acid groups is 1. The highest BCUT2D eigenvalue weighted by Crippen LogP contribution is 2.38. The molecule has 0 aliphatic heterocycles. The minimum atomic E-state index is -4.40. The Bertz CT molecular complexity index is 997. The Labute approximate surface area is 321 Å². The molecular weight excluding hydrogens is 669 g/mol. The van der Waals surface area contributed by atoms with Crippen LogP contribution in [0.2, 0.25) is 0 Å². The highest BCUT2D eigenvalue weighted by Gasteiger charge is 2.18. The molecule has 8 heteroatoms. The van der Waals surface area contributed by atoms with Crippen molar-refractivity contribution in [3.05, 3.63) is 72.9 Å². The summed E-state index contributed by atoms with van der Waals surface area (Å²) in [7, 11) is 1.56. The minimum absolute atomic E-state index is 0.0862. The van der Waals surface area contributed by atoms with Crippen molar-refractivity contribution >= 4 is 7.82 Å². The fourth-order valence-electron chi connectivity index (χ4n) is 5.15. The number of allylic oxidation sites excluding steroid dienone is 12. The second-order valence-electron chi connectivity index (χ2n) is 14.6. The zero-order chi connectivity index (χ0) is 38.3. The third-order valence-electron chi connectivity index (χ3n) is 8.32. The highest BCUT2D eigenvalue weighted by molar-refractivity contribution is 7.45. The van der Waals surface area contributed by atoms with Gasteiger partial charge in [-0.25, -0.2) is 0 Å². The van der Waals surface area contributed by atoms with Gasteiger partial charge in [-0.15, -0.1) is 0 Å². The van der Waals surface area contributed by atoms with E-state index in [1.165, 1.54) is 51.4 Å². The van der Waals surface area contributed by atoms with Gasteiger partial charge in [0.25, 0.3) is 7.82 Å². The van der Waals surface area contributed by atoms with Crippen molar-refractivity contribution in [2.45, 2.75) is 148 Å². The number of ether oxygens (including phenoxy) is 2. The van der Waals surface area contributed by atoms with E-state index in [-0.39, 0.29) is 13.2 Å². The molecule has 0 heterocycles. The number of nitrogens with zero attached hydrogens (tertiary/aromatic N) is 1. The molecule has 0 aromatic rings. The normalized spacial score (nSPS) is 14.8. The topological polar surface area (TPSA) is 77.1 Å². The number of rotatable bonds is 38. The van der Waals surface area contributed by atoms with E-state index in [9.17, 15) is 9.46 Å². The van der Waals surface area contributed by atoms with Crippen LogP contribution in [0, 0.1) is 0 Å². The zero-order valence-electron chi connectivity index (χ0n) is 34.2. The van der Waals surface area contributed by atoms with E-state index in [1.54, 1.807) is 0 Å². The lowest BCUT2D eigenvalue weighted by Crippen LogP contribution is -2.37. The van der Waals surface area contributed by atoms with Gasteiger partial charge < -0.3 is 27.9 Å². The van der Waals surface area contributed by atoms with E-state index in [0.717, 1.165) is 77.0 Å². The van der Waals surface area contributed by atoms with Gasteiger partial charge in [0.05, 0.1) is 34.4 Å². The number of likely N-dealkylation sites (N-methyl/N-ethyl adjacent to an activating group) is 1. The summed E-state index contributed by atoms with van der Waals surface area (Å²) in [4.78, 5) is 12.4. The SMILES string of the molecule is CC/C=C\C/C=C\C/C=C\CCCCCCCCOC[C@H](COP(=O)([O-])OCC[N+](C)(C)C)OCCCCCCCC/C=C\C/C=C\C/C=C\CC. The van der Waals surface area contributed by atoms with Crippen molar-refractivity contribution in [1.29, 1.82) is 0 Å². The van der Waals surface area contributed by atoms with Crippen molar-refractivity contribution < 1.29 is 32.5 Å². The van der Waals surface area contributed by atoms with E-state index >= 15 is 0 Å². The number of hydrogen-bond donors (Lipinski definition) is 0. The summed E-state index contributed by atoms with van der Waals surface area (Å²) in [5.74, 6) is 0. The van der Waals surface area contributed by atoms with Gasteiger partial charge in [0.15, 0.2) is 0 Å². The van der Waals surface area contributed by atoms with Crippen molar-refractivity contribution in [2.24, 2.45) is 0 Å². The van der Waals surface area contributed by atoms with E-state index in [4.69, 9.17) is 18.5 Å². The van der Waals surface area contributed by atoms with Gasteiger partial charge >= 0.3 is 0 Å². The van der Waals surface area contributed by atoms with E-state index in [2.05, 4.69) is 86.8 Å². The van der Waals surface area contributed by atoms with Crippen LogP contribution in [0.15, 0.2) is 72.9 Å². The standard InChI is InChI=1S/C44H80NO6P/c1-6-8-10-12-14-16-18-20-22-24-26-28-30-32-34-36-39-48-42-44(43-51-52(46,47)50-41-38-45(3,4)5)49-40-37-35-33-31-29-27-25-23-21-19-17-15-13-11-9-7-2/h8-11,14-17,20-23,44H,6-7,12-13,18-19,24-43H2,1-5H3/b10-8-,11-9-,16-14-,17-15-,22-20-,23-21-/t44-/m1/s1. The number of quaternary nitrogens is 1. The molecule has 0 aromatic carbocycles. The van der Waals surface area contributed by atoms with Crippen molar-refractivity contribution in [1.82, 2.24) is 0 Å². The molecule has 0 saturated carbocycles. The Morgan fingerprint density at radius 1 is 0.519 bits per heavy atom. The molecule has 0 radical (unpaired) electrons. The molecule has 0 N–H and O–H groups in total. The lowest BCUT2D eigenvalue weighted by Gasteiger charge is -2.28. The van der Waals surface area contributed by atoms with Crippen LogP contribution < -0.4 is 4.89 Å². The molecule has 52 heavy (non-hydrogen) atoms. The molecule has 0 rings (SSSR count). The van der Waals surface area contributed by atoms with Gasteiger partial charge in [-0.2, -0.15) is 0 Å². The summed E-state index contributed by atoms with van der Waals surface area (Å²) in [5.41, 5.74) is 0. The second-order valence-corrected chi connectivity index (χ2v) is 16.0. The lowest BCUT2D eigenvalue weighted by atomic mass is 10.1. The van der Waals surface area contributed by atoms with E-state index in [1.807, 2.05) is 21.1 Å². The third-order valence-corrected chi connectivity index (χ3v) is 9.29. The molecule has 0 saturated heterocycles. The number of phosphoric ester groups is 1. The molecule has 0 spiro atoms. The molecule has 1 unspecified atom stereocenters. The summed E-state index contributed by atoms with van der Waals surface area (Å²) in [5, 5.41) is 0. The zero-order valence-corrected chi connectivity index (χ0v) is 35.1. The molecule has 0 amide bonds. The van der Waals surface area contributed by atoms with Crippen molar-refractivity contribution in [3.63, 3.8) is 0 Å². The first-order valence-corrected chi connectivity index (χ1v) is 22.2. The lowest BCUT2D eigenvalue weighted by molar-refractivity contribution is -0.870. The highest BCUT2D eigenvalue weighted by atomic mass is 31.2. The first-order valence-electron chi connectivity index (χ1n) is 20.7. The quantitative estimate of drug-likeness (QED) is 0.0271. The average molecular weight is 750 g/mol. The molecule has 0 aliphatic rings. The van der Waals surface area contributed by atoms with Crippen LogP contribution in [0.1, 0.15) is 142 Å². The monoisotopic (exact) mass is 750 g/mol. The van der Waals surface area contributed by atoms with Crippen molar-refractivity contribution in [3.8, 4) is 0 Å². The number of unbranched alkanes of at least 4 members (excludes halogenated alkanes) is 12. The predicted octanol–water partition coefficient (Wildman–Crippen LogP) is 11.8. The van der Waals surface area contributed by atoms with Gasteiger partial charge in [0, 0.05) is 13.2 Å². The molecule has 0 aromatic heterocycles. The maximum Gasteiger partial charge on any atom is 0.268 e. The van der Waals surface area contributed by atoms with E-state index in [0.29, 0.717) is 30.8 Å². The molecule has 302 valence electrons. The molecule has 7 nitrogen and oxygen atoms in total. The van der Waals surface area contributed by atoms with Crippen molar-refractivity contribution in [2.75, 3.05) is 60.7 Å². The van der Waals surface area contributed by atoms with Crippen LogP contribution in [0.5, 0.6) is 0 Å². The van der Waals surface area contributed by atoms with Gasteiger partial charge in [-0.3, -0.25) is 4.57 Å². The van der Waals surface area contributed by atoms with Crippen LogP contribution >= 0.6 is 7.82 Å². The largest absolute Gasteiger partial charge is 0.756 e. The fourth-order valence-corrected chi connectivity index (χ4v) is 5.87. The third kappa shape index (κ3) is 41.2. The summed E-state index contributed by atoms with van der Waals surface area (Å²) in [6, 6.07) is 0. The Kier molecular flexibility index (Phi) is 36.6. The molecular formula is C44H80NO6P. The summed E-state index contributed by atoms with van der Waals surface area (Å²) >= 11 is 0. The summed E-state index contributed by atoms with van der Waals surface area (Å²) < 4.78 is 35.2. The van der Waals surface area contributed by atoms with Crippen LogP contribution in [-0.4, -0.2) is 71.3 Å². The van der Waals surface area contributed by atoms with Crippen LogP contribution in [0.25, 0.3) is 0 Å². The van der Waals surface area contributed by atoms with Gasteiger partial charge in [0.2, 0.25) is 0 Å². The molecule has 0 aliphatic carbocycles. The number of hydrogen-bond acceptors (Lipinski definition) is 6. The van der Waals surface area contributed by atoms with Crippen LogP contribution in [0.4, 0.5) is 0 Å². The molecule has 0 fully saturated rings. The van der Waals surface area contributed by atoms with Crippen LogP contribution in [0.3, 0.4) is 0 Å². The molecule has 2 atom stereocenters. The smallest absolute Gasteiger partial charge is 0.268 e. The van der Waals surface area contributed by atoms with Gasteiger partial charge in [-0.1, -0.05) is 138 Å². The Balaban J connectivity index is 4.20. The van der Waals surface area contributed by atoms with Gasteiger partial charge in [0.1, 0.15) is 19.3 Å². The average Bonchev–Trinajstić information content (AvgIpc) is 3.10. The maximum absolute atomic E-state index is 12.4. The molecule has 0 bridgehead atoms.